The van der Waals surface area contributed by atoms with Crippen LogP contribution < -0.4 is 5.32 Å². The van der Waals surface area contributed by atoms with E-state index in [1.165, 1.54) is 18.2 Å². The van der Waals surface area contributed by atoms with Gasteiger partial charge in [-0.05, 0) is 37.3 Å². The van der Waals surface area contributed by atoms with E-state index in [-0.39, 0.29) is 18.7 Å². The van der Waals surface area contributed by atoms with Crippen LogP contribution >= 0.6 is 0 Å². The number of halogens is 1. The molecule has 0 spiro atoms. The van der Waals surface area contributed by atoms with Gasteiger partial charge in [-0.1, -0.05) is 11.8 Å². The van der Waals surface area contributed by atoms with E-state index in [1.54, 1.807) is 19.1 Å². The lowest BCUT2D eigenvalue weighted by Gasteiger charge is -2.05. The average Bonchev–Trinajstić information content (AvgIpc) is 2.89. The lowest BCUT2D eigenvalue weighted by molar-refractivity contribution is 0.0944. The first kappa shape index (κ1) is 14.8. The van der Waals surface area contributed by atoms with Crippen LogP contribution in [0.5, 0.6) is 0 Å². The van der Waals surface area contributed by atoms with E-state index in [9.17, 15) is 9.18 Å². The summed E-state index contributed by atoms with van der Waals surface area (Å²) in [4.78, 5) is 12.0. The lowest BCUT2D eigenvalue weighted by Crippen LogP contribution is -2.23. The molecule has 0 unspecified atom stereocenters. The van der Waals surface area contributed by atoms with E-state index in [1.807, 2.05) is 0 Å². The number of rotatable bonds is 3. The van der Waals surface area contributed by atoms with Crippen molar-refractivity contribution in [3.8, 4) is 11.8 Å². The Bertz CT molecular complexity index is 710. The SMILES string of the molecule is Cc1ccc(CNC(=O)c2cc(C#CCO)ccc2F)o1. The second-order valence-corrected chi connectivity index (χ2v) is 4.35. The van der Waals surface area contributed by atoms with E-state index < -0.39 is 11.7 Å². The molecule has 1 heterocycles. The summed E-state index contributed by atoms with van der Waals surface area (Å²) >= 11 is 0. The molecular formula is C16H14FNO3. The summed E-state index contributed by atoms with van der Waals surface area (Å²) in [5.41, 5.74) is 0.368. The van der Waals surface area contributed by atoms with Crippen molar-refractivity contribution in [1.29, 1.82) is 0 Å². The van der Waals surface area contributed by atoms with E-state index in [2.05, 4.69) is 17.2 Å². The molecule has 2 rings (SSSR count). The number of amides is 1. The largest absolute Gasteiger partial charge is 0.465 e. The molecule has 0 aliphatic carbocycles. The van der Waals surface area contributed by atoms with Gasteiger partial charge in [0.25, 0.3) is 5.91 Å². The molecule has 0 aliphatic rings. The molecular weight excluding hydrogens is 273 g/mol. The Labute approximate surface area is 121 Å². The van der Waals surface area contributed by atoms with E-state index in [0.717, 1.165) is 5.76 Å². The number of furan rings is 1. The van der Waals surface area contributed by atoms with Crippen LogP contribution in [0.15, 0.2) is 34.7 Å². The van der Waals surface area contributed by atoms with Gasteiger partial charge in [-0.25, -0.2) is 4.39 Å². The van der Waals surface area contributed by atoms with Crippen molar-refractivity contribution in [3.05, 3.63) is 58.8 Å². The van der Waals surface area contributed by atoms with E-state index >= 15 is 0 Å². The number of aliphatic hydroxyl groups is 1. The Balaban J connectivity index is 2.10. The zero-order chi connectivity index (χ0) is 15.2. The first-order valence-corrected chi connectivity index (χ1v) is 6.33. The maximum atomic E-state index is 13.7. The number of benzene rings is 1. The maximum absolute atomic E-state index is 13.7. The van der Waals surface area contributed by atoms with Crippen LogP contribution in [-0.2, 0) is 6.54 Å². The summed E-state index contributed by atoms with van der Waals surface area (Å²) in [6.45, 7) is 1.68. The molecule has 0 fully saturated rings. The summed E-state index contributed by atoms with van der Waals surface area (Å²) < 4.78 is 19.0. The summed E-state index contributed by atoms with van der Waals surface area (Å²) in [5.74, 6) is 5.24. The molecule has 2 N–H and O–H groups in total. The number of carbonyl (C=O) groups excluding carboxylic acids is 1. The van der Waals surface area contributed by atoms with Crippen LogP contribution in [-0.4, -0.2) is 17.6 Å². The van der Waals surface area contributed by atoms with Crippen molar-refractivity contribution in [2.75, 3.05) is 6.61 Å². The fourth-order valence-corrected chi connectivity index (χ4v) is 1.76. The van der Waals surface area contributed by atoms with Gasteiger partial charge >= 0.3 is 0 Å². The molecule has 2 aromatic rings. The number of aliphatic hydroxyl groups excluding tert-OH is 1. The molecule has 0 bridgehead atoms. The van der Waals surface area contributed by atoms with Gasteiger partial charge in [0, 0.05) is 5.56 Å². The Hall–Kier alpha value is -2.58. The fourth-order valence-electron chi connectivity index (χ4n) is 1.76. The number of aryl methyl sites for hydroxylation is 1. The Morgan fingerprint density at radius 3 is 2.86 bits per heavy atom. The molecule has 0 saturated heterocycles. The predicted molar refractivity (Wildman–Crippen MR) is 75.0 cm³/mol. The highest BCUT2D eigenvalue weighted by atomic mass is 19.1. The third-order valence-corrected chi connectivity index (χ3v) is 2.74. The van der Waals surface area contributed by atoms with Crippen LogP contribution in [0.25, 0.3) is 0 Å². The van der Waals surface area contributed by atoms with Crippen LogP contribution in [0.3, 0.4) is 0 Å². The molecule has 21 heavy (non-hydrogen) atoms. The normalized spacial score (nSPS) is 9.86. The lowest BCUT2D eigenvalue weighted by atomic mass is 10.1. The molecule has 0 atom stereocenters. The zero-order valence-electron chi connectivity index (χ0n) is 11.4. The van der Waals surface area contributed by atoms with Crippen molar-refractivity contribution in [1.82, 2.24) is 5.32 Å². The highest BCUT2D eigenvalue weighted by Crippen LogP contribution is 2.11. The molecule has 4 nitrogen and oxygen atoms in total. The second kappa shape index (κ2) is 6.73. The van der Waals surface area contributed by atoms with Crippen LogP contribution in [0.1, 0.15) is 27.4 Å². The molecule has 1 aromatic heterocycles. The van der Waals surface area contributed by atoms with Crippen molar-refractivity contribution >= 4 is 5.91 Å². The topological polar surface area (TPSA) is 62.5 Å². The van der Waals surface area contributed by atoms with Gasteiger partial charge in [-0.15, -0.1) is 0 Å². The molecule has 1 amide bonds. The quantitative estimate of drug-likeness (QED) is 0.849. The summed E-state index contributed by atoms with van der Waals surface area (Å²) in [6.07, 6.45) is 0. The third kappa shape index (κ3) is 3.94. The van der Waals surface area contributed by atoms with Crippen LogP contribution in [0.2, 0.25) is 0 Å². The minimum Gasteiger partial charge on any atom is -0.465 e. The predicted octanol–water partition coefficient (Wildman–Crippen LogP) is 2.00. The molecule has 5 heteroatoms. The second-order valence-electron chi connectivity index (χ2n) is 4.35. The molecule has 1 aromatic carbocycles. The first-order valence-electron chi connectivity index (χ1n) is 6.33. The average molecular weight is 287 g/mol. The van der Waals surface area contributed by atoms with E-state index in [0.29, 0.717) is 11.3 Å². The Morgan fingerprint density at radius 1 is 1.38 bits per heavy atom. The van der Waals surface area contributed by atoms with Crippen molar-refractivity contribution in [2.24, 2.45) is 0 Å². The highest BCUT2D eigenvalue weighted by molar-refractivity contribution is 5.94. The van der Waals surface area contributed by atoms with Crippen molar-refractivity contribution in [3.63, 3.8) is 0 Å². The highest BCUT2D eigenvalue weighted by Gasteiger charge is 2.12. The van der Waals surface area contributed by atoms with Crippen LogP contribution in [0, 0.1) is 24.6 Å². The number of carbonyl (C=O) groups is 1. The Kier molecular flexibility index (Phi) is 4.75. The van der Waals surface area contributed by atoms with Crippen molar-refractivity contribution < 1.29 is 18.7 Å². The Morgan fingerprint density at radius 2 is 2.19 bits per heavy atom. The smallest absolute Gasteiger partial charge is 0.254 e. The zero-order valence-corrected chi connectivity index (χ0v) is 11.4. The van der Waals surface area contributed by atoms with Gasteiger partial charge in [0.05, 0.1) is 12.1 Å². The van der Waals surface area contributed by atoms with Gasteiger partial charge in [-0.2, -0.15) is 0 Å². The minimum absolute atomic E-state index is 0.0944. The van der Waals surface area contributed by atoms with Gasteiger partial charge in [0.2, 0.25) is 0 Å². The number of hydrogen-bond acceptors (Lipinski definition) is 3. The fraction of sp³-hybridized carbons (Fsp3) is 0.188. The summed E-state index contributed by atoms with van der Waals surface area (Å²) in [7, 11) is 0. The summed E-state index contributed by atoms with van der Waals surface area (Å²) in [5, 5.41) is 11.2. The monoisotopic (exact) mass is 287 g/mol. The first-order chi connectivity index (χ1) is 10.1. The standard InChI is InChI=1S/C16H14FNO3/c1-11-4-6-13(21-11)10-18-16(20)14-9-12(3-2-8-19)5-7-15(14)17/h4-7,9,19H,8,10H2,1H3,(H,18,20). The summed E-state index contributed by atoms with van der Waals surface area (Å²) in [6, 6.07) is 7.50. The third-order valence-electron chi connectivity index (χ3n) is 2.74. The number of hydrogen-bond donors (Lipinski definition) is 2. The number of nitrogens with one attached hydrogen (secondary N) is 1. The minimum atomic E-state index is -0.627. The molecule has 0 radical (unpaired) electrons. The molecule has 108 valence electrons. The van der Waals surface area contributed by atoms with Gasteiger partial charge in [0.15, 0.2) is 0 Å². The van der Waals surface area contributed by atoms with Gasteiger partial charge < -0.3 is 14.8 Å². The van der Waals surface area contributed by atoms with Gasteiger partial charge in [0.1, 0.15) is 23.9 Å². The molecule has 0 saturated carbocycles. The van der Waals surface area contributed by atoms with Crippen molar-refractivity contribution in [2.45, 2.75) is 13.5 Å². The van der Waals surface area contributed by atoms with Crippen LogP contribution in [0.4, 0.5) is 4.39 Å². The maximum Gasteiger partial charge on any atom is 0.254 e. The van der Waals surface area contributed by atoms with Gasteiger partial charge in [-0.3, -0.25) is 4.79 Å². The van der Waals surface area contributed by atoms with E-state index in [4.69, 9.17) is 9.52 Å². The molecule has 0 aliphatic heterocycles.